The number of amides is 1. The van der Waals surface area contributed by atoms with E-state index in [4.69, 9.17) is 9.47 Å². The number of esters is 1. The lowest BCUT2D eigenvalue weighted by molar-refractivity contribution is -0.142. The Morgan fingerprint density at radius 2 is 2.19 bits per heavy atom. The van der Waals surface area contributed by atoms with Crippen molar-refractivity contribution in [3.63, 3.8) is 0 Å². The Hall–Kier alpha value is -1.26. The lowest BCUT2D eigenvalue weighted by Crippen LogP contribution is -2.43. The van der Waals surface area contributed by atoms with Crippen LogP contribution in [0, 0.1) is 5.92 Å². The number of hydrogen-bond donors (Lipinski definition) is 0. The molecule has 0 N–H and O–H groups in total. The van der Waals surface area contributed by atoms with Gasteiger partial charge in [0.15, 0.2) is 0 Å². The van der Waals surface area contributed by atoms with Gasteiger partial charge in [-0.25, -0.2) is 9.59 Å². The van der Waals surface area contributed by atoms with E-state index in [1.807, 2.05) is 20.8 Å². The first kappa shape index (κ1) is 11.2. The molecule has 0 unspecified atom stereocenters. The molecule has 2 saturated heterocycles. The van der Waals surface area contributed by atoms with Crippen molar-refractivity contribution in [3.8, 4) is 0 Å². The van der Waals surface area contributed by atoms with Crippen molar-refractivity contribution >= 4 is 12.1 Å². The van der Waals surface area contributed by atoms with Crippen molar-refractivity contribution in [3.05, 3.63) is 0 Å². The van der Waals surface area contributed by atoms with Crippen molar-refractivity contribution in [1.82, 2.24) is 4.90 Å². The van der Waals surface area contributed by atoms with Crippen LogP contribution < -0.4 is 0 Å². The maximum Gasteiger partial charge on any atom is 0.411 e. The predicted octanol–water partition coefficient (Wildman–Crippen LogP) is 1.17. The van der Waals surface area contributed by atoms with Crippen LogP contribution >= 0.6 is 0 Å². The monoisotopic (exact) mass is 227 g/mol. The Labute approximate surface area is 94.7 Å². The summed E-state index contributed by atoms with van der Waals surface area (Å²) in [6, 6.07) is -0.421. The van der Waals surface area contributed by atoms with E-state index in [-0.39, 0.29) is 11.9 Å². The molecule has 1 amide bonds. The normalized spacial score (nSPS) is 28.9. The Morgan fingerprint density at radius 3 is 2.81 bits per heavy atom. The molecule has 0 saturated carbocycles. The molecule has 0 aliphatic carbocycles. The van der Waals surface area contributed by atoms with Gasteiger partial charge in [-0.1, -0.05) is 0 Å². The second kappa shape index (κ2) is 3.64. The minimum atomic E-state index is -0.530. The van der Waals surface area contributed by atoms with Gasteiger partial charge in [-0.05, 0) is 27.2 Å². The van der Waals surface area contributed by atoms with Gasteiger partial charge in [0.2, 0.25) is 0 Å². The minimum absolute atomic E-state index is 0.153. The second-order valence-corrected chi connectivity index (χ2v) is 5.30. The largest absolute Gasteiger partial charge is 0.464 e. The van der Waals surface area contributed by atoms with Crippen LogP contribution in [0.4, 0.5) is 4.79 Å². The first-order valence-electron chi connectivity index (χ1n) is 5.55. The summed E-state index contributed by atoms with van der Waals surface area (Å²) in [5.41, 5.74) is -0.530. The molecule has 2 aliphatic heterocycles. The van der Waals surface area contributed by atoms with Crippen LogP contribution in [0.25, 0.3) is 0 Å². The maximum atomic E-state index is 11.8. The van der Waals surface area contributed by atoms with Crippen LogP contribution in [0.15, 0.2) is 0 Å². The highest BCUT2D eigenvalue weighted by Gasteiger charge is 2.48. The highest BCUT2D eigenvalue weighted by Crippen LogP contribution is 2.31. The predicted molar refractivity (Wildman–Crippen MR) is 55.8 cm³/mol. The molecular formula is C11H17NO4. The number of fused-ring (bicyclic) bond motifs is 1. The standard InChI is InChI=1S/C11H17NO4/c1-11(2,3)16-10(14)12-5-4-7-6-15-9(13)8(7)12/h7-8H,4-6H2,1-3H3/t7-,8-/m0/s1. The summed E-state index contributed by atoms with van der Waals surface area (Å²) in [4.78, 5) is 24.8. The zero-order valence-corrected chi connectivity index (χ0v) is 9.86. The van der Waals surface area contributed by atoms with E-state index >= 15 is 0 Å². The molecule has 2 rings (SSSR count). The third-order valence-electron chi connectivity index (χ3n) is 2.83. The van der Waals surface area contributed by atoms with Crippen LogP contribution in [0.5, 0.6) is 0 Å². The van der Waals surface area contributed by atoms with E-state index in [2.05, 4.69) is 0 Å². The molecule has 0 radical (unpaired) electrons. The molecule has 0 aromatic carbocycles. The second-order valence-electron chi connectivity index (χ2n) is 5.30. The fourth-order valence-electron chi connectivity index (χ4n) is 2.15. The topological polar surface area (TPSA) is 55.8 Å². The zero-order valence-electron chi connectivity index (χ0n) is 9.86. The number of carbonyl (C=O) groups excluding carboxylic acids is 2. The zero-order chi connectivity index (χ0) is 11.9. The molecular weight excluding hydrogens is 210 g/mol. The van der Waals surface area contributed by atoms with Crippen LogP contribution in [0.2, 0.25) is 0 Å². The molecule has 5 nitrogen and oxygen atoms in total. The van der Waals surface area contributed by atoms with Crippen molar-refractivity contribution in [2.75, 3.05) is 13.2 Å². The fraction of sp³-hybridized carbons (Fsp3) is 0.818. The van der Waals surface area contributed by atoms with E-state index in [9.17, 15) is 9.59 Å². The molecule has 5 heteroatoms. The van der Waals surface area contributed by atoms with Gasteiger partial charge in [0.1, 0.15) is 11.6 Å². The summed E-state index contributed by atoms with van der Waals surface area (Å²) in [6.07, 6.45) is 0.397. The van der Waals surface area contributed by atoms with Crippen LogP contribution in [-0.2, 0) is 14.3 Å². The van der Waals surface area contributed by atoms with Crippen molar-refractivity contribution in [2.24, 2.45) is 5.92 Å². The van der Waals surface area contributed by atoms with Gasteiger partial charge < -0.3 is 9.47 Å². The molecule has 2 heterocycles. The molecule has 0 spiro atoms. The highest BCUT2D eigenvalue weighted by molar-refractivity contribution is 5.84. The van der Waals surface area contributed by atoms with Crippen LogP contribution in [-0.4, -0.2) is 41.8 Å². The summed E-state index contributed by atoms with van der Waals surface area (Å²) in [6.45, 7) is 6.45. The van der Waals surface area contributed by atoms with E-state index in [0.29, 0.717) is 13.2 Å². The Bertz CT molecular complexity index is 320. The molecule has 2 aliphatic rings. The van der Waals surface area contributed by atoms with Crippen molar-refractivity contribution in [2.45, 2.75) is 38.8 Å². The minimum Gasteiger partial charge on any atom is -0.464 e. The third-order valence-corrected chi connectivity index (χ3v) is 2.83. The van der Waals surface area contributed by atoms with Gasteiger partial charge in [-0.2, -0.15) is 0 Å². The molecule has 0 aromatic heterocycles. The first-order valence-corrected chi connectivity index (χ1v) is 5.55. The van der Waals surface area contributed by atoms with Crippen molar-refractivity contribution < 1.29 is 19.1 Å². The number of hydrogen-bond acceptors (Lipinski definition) is 4. The summed E-state index contributed by atoms with van der Waals surface area (Å²) in [5, 5.41) is 0. The quantitative estimate of drug-likeness (QED) is 0.583. The first-order chi connectivity index (χ1) is 7.38. The highest BCUT2D eigenvalue weighted by atomic mass is 16.6. The Morgan fingerprint density at radius 1 is 1.50 bits per heavy atom. The van der Waals surface area contributed by atoms with Gasteiger partial charge in [0.25, 0.3) is 0 Å². The summed E-state index contributed by atoms with van der Waals surface area (Å²) in [7, 11) is 0. The van der Waals surface area contributed by atoms with Crippen LogP contribution in [0.1, 0.15) is 27.2 Å². The third kappa shape index (κ3) is 1.99. The average Bonchev–Trinajstić information content (AvgIpc) is 2.66. The van der Waals surface area contributed by atoms with E-state index in [1.54, 1.807) is 0 Å². The van der Waals surface area contributed by atoms with E-state index < -0.39 is 17.7 Å². The average molecular weight is 227 g/mol. The molecule has 90 valence electrons. The summed E-state index contributed by atoms with van der Waals surface area (Å²) >= 11 is 0. The summed E-state index contributed by atoms with van der Waals surface area (Å²) < 4.78 is 10.2. The van der Waals surface area contributed by atoms with Gasteiger partial charge in [-0.15, -0.1) is 0 Å². The van der Waals surface area contributed by atoms with E-state index in [0.717, 1.165) is 6.42 Å². The SMILES string of the molecule is CC(C)(C)OC(=O)N1CC[C@H]2COC(=O)[C@H]21. The number of cyclic esters (lactones) is 1. The van der Waals surface area contributed by atoms with E-state index in [1.165, 1.54) is 4.90 Å². The lowest BCUT2D eigenvalue weighted by atomic mass is 10.1. The Kier molecular flexibility index (Phi) is 2.56. The fourth-order valence-corrected chi connectivity index (χ4v) is 2.15. The number of rotatable bonds is 0. The van der Waals surface area contributed by atoms with Gasteiger partial charge in [-0.3, -0.25) is 4.90 Å². The molecule has 0 aromatic rings. The smallest absolute Gasteiger partial charge is 0.411 e. The van der Waals surface area contributed by atoms with Crippen molar-refractivity contribution in [1.29, 1.82) is 0 Å². The Balaban J connectivity index is 2.05. The number of nitrogens with zero attached hydrogens (tertiary/aromatic N) is 1. The summed E-state index contributed by atoms with van der Waals surface area (Å²) in [5.74, 6) is -0.145. The molecule has 0 bridgehead atoms. The molecule has 16 heavy (non-hydrogen) atoms. The molecule has 2 fully saturated rings. The van der Waals surface area contributed by atoms with Gasteiger partial charge >= 0.3 is 12.1 Å². The van der Waals surface area contributed by atoms with Crippen LogP contribution in [0.3, 0.4) is 0 Å². The number of carbonyl (C=O) groups is 2. The number of likely N-dealkylation sites (tertiary alicyclic amines) is 1. The molecule has 2 atom stereocenters. The number of ether oxygens (including phenoxy) is 2. The maximum absolute atomic E-state index is 11.8. The van der Waals surface area contributed by atoms with Gasteiger partial charge in [0.05, 0.1) is 6.61 Å². The van der Waals surface area contributed by atoms with Gasteiger partial charge in [0, 0.05) is 12.5 Å². The lowest BCUT2D eigenvalue weighted by Gasteiger charge is -2.26.